The van der Waals surface area contributed by atoms with Crippen molar-refractivity contribution < 1.29 is 4.74 Å². The molecule has 3 rings (SSSR count). The number of piperidine rings is 1. The summed E-state index contributed by atoms with van der Waals surface area (Å²) in [4.78, 5) is 0. The summed E-state index contributed by atoms with van der Waals surface area (Å²) in [5.41, 5.74) is 1.39. The quantitative estimate of drug-likeness (QED) is 0.671. The number of hydrogen-bond donors (Lipinski definition) is 1. The zero-order valence-corrected chi connectivity index (χ0v) is 8.36. The van der Waals surface area contributed by atoms with Gasteiger partial charge in [-0.1, -0.05) is 25.1 Å². The van der Waals surface area contributed by atoms with E-state index >= 15 is 0 Å². The Morgan fingerprint density at radius 2 is 2.14 bits per heavy atom. The number of fused-ring (bicyclic) bond motifs is 3. The molecule has 0 aromatic heterocycles. The fourth-order valence-electron chi connectivity index (χ4n) is 2.62. The Balaban J connectivity index is 2.00. The van der Waals surface area contributed by atoms with Crippen LogP contribution in [0.1, 0.15) is 18.4 Å². The zero-order valence-electron chi connectivity index (χ0n) is 8.36. The van der Waals surface area contributed by atoms with Crippen LogP contribution in [0.15, 0.2) is 24.3 Å². The van der Waals surface area contributed by atoms with Crippen LogP contribution in [0.4, 0.5) is 0 Å². The predicted molar refractivity (Wildman–Crippen MR) is 55.6 cm³/mol. The summed E-state index contributed by atoms with van der Waals surface area (Å²) in [6.07, 6.45) is 0.397. The third kappa shape index (κ3) is 1.07. The Bertz CT molecular complexity index is 350. The summed E-state index contributed by atoms with van der Waals surface area (Å²) >= 11 is 0. The van der Waals surface area contributed by atoms with Crippen LogP contribution in [0.25, 0.3) is 0 Å². The second-order valence-corrected chi connectivity index (χ2v) is 4.36. The molecule has 0 bridgehead atoms. The largest absolute Gasteiger partial charge is 0.489 e. The highest BCUT2D eigenvalue weighted by molar-refractivity contribution is 5.41. The first-order chi connectivity index (χ1) is 6.86. The van der Waals surface area contributed by atoms with Gasteiger partial charge < -0.3 is 10.1 Å². The zero-order chi connectivity index (χ0) is 9.54. The van der Waals surface area contributed by atoms with E-state index in [2.05, 4.69) is 30.4 Å². The number of benzene rings is 1. The lowest BCUT2D eigenvalue weighted by atomic mass is 9.85. The molecule has 1 aromatic carbocycles. The second-order valence-electron chi connectivity index (χ2n) is 4.36. The lowest BCUT2D eigenvalue weighted by Crippen LogP contribution is -2.44. The third-order valence-corrected chi connectivity index (χ3v) is 3.37. The smallest absolute Gasteiger partial charge is 0.123 e. The summed E-state index contributed by atoms with van der Waals surface area (Å²) in [6.45, 7) is 4.40. The molecule has 2 nitrogen and oxygen atoms in total. The summed E-state index contributed by atoms with van der Waals surface area (Å²) in [5.74, 6) is 2.27. The monoisotopic (exact) mass is 189 g/mol. The highest BCUT2D eigenvalue weighted by Gasteiger charge is 2.39. The topological polar surface area (TPSA) is 21.3 Å². The first-order valence-electron chi connectivity index (χ1n) is 5.32. The van der Waals surface area contributed by atoms with Gasteiger partial charge in [0.05, 0.1) is 0 Å². The van der Waals surface area contributed by atoms with Crippen molar-refractivity contribution in [3.8, 4) is 5.75 Å². The van der Waals surface area contributed by atoms with Gasteiger partial charge in [-0.15, -0.1) is 0 Å². The van der Waals surface area contributed by atoms with E-state index < -0.39 is 0 Å². The molecule has 1 unspecified atom stereocenters. The molecule has 1 saturated heterocycles. The van der Waals surface area contributed by atoms with Crippen molar-refractivity contribution >= 4 is 0 Å². The highest BCUT2D eigenvalue weighted by atomic mass is 16.5. The fraction of sp³-hybridized carbons (Fsp3) is 0.500. The van der Waals surface area contributed by atoms with Gasteiger partial charge in [0.15, 0.2) is 0 Å². The van der Waals surface area contributed by atoms with Crippen LogP contribution >= 0.6 is 0 Å². The number of rotatable bonds is 0. The van der Waals surface area contributed by atoms with E-state index in [1.165, 1.54) is 5.56 Å². The van der Waals surface area contributed by atoms with Gasteiger partial charge in [-0.3, -0.25) is 0 Å². The third-order valence-electron chi connectivity index (χ3n) is 3.37. The van der Waals surface area contributed by atoms with Crippen molar-refractivity contribution in [3.05, 3.63) is 29.8 Å². The molecule has 1 aromatic rings. The lowest BCUT2D eigenvalue weighted by Gasteiger charge is -2.31. The Morgan fingerprint density at radius 1 is 1.29 bits per heavy atom. The predicted octanol–water partition coefficient (Wildman–Crippen LogP) is 1.77. The molecular weight excluding hydrogens is 174 g/mol. The minimum Gasteiger partial charge on any atom is -0.489 e. The van der Waals surface area contributed by atoms with E-state index in [1.54, 1.807) is 0 Å². The second kappa shape index (κ2) is 2.99. The molecule has 0 aliphatic carbocycles. The molecular formula is C12H15NO. The number of ether oxygens (including phenoxy) is 1. The molecule has 2 aliphatic heterocycles. The molecule has 2 aliphatic rings. The summed E-state index contributed by atoms with van der Waals surface area (Å²) in [5, 5.41) is 3.47. The maximum atomic E-state index is 5.98. The van der Waals surface area contributed by atoms with Crippen molar-refractivity contribution in [2.75, 3.05) is 13.1 Å². The van der Waals surface area contributed by atoms with E-state index in [4.69, 9.17) is 4.74 Å². The molecule has 0 spiro atoms. The Hall–Kier alpha value is -1.02. The van der Waals surface area contributed by atoms with Gasteiger partial charge in [-0.05, 0) is 6.07 Å². The normalized spacial score (nSPS) is 34.5. The lowest BCUT2D eigenvalue weighted by molar-refractivity contribution is 0.119. The van der Waals surface area contributed by atoms with Gasteiger partial charge in [-0.2, -0.15) is 0 Å². The van der Waals surface area contributed by atoms with E-state index in [0.717, 1.165) is 18.8 Å². The molecule has 0 saturated carbocycles. The highest BCUT2D eigenvalue weighted by Crippen LogP contribution is 2.41. The first kappa shape index (κ1) is 8.30. The number of nitrogens with one attached hydrogen (secondary N) is 1. The fourth-order valence-corrected chi connectivity index (χ4v) is 2.62. The standard InChI is InChI=1S/C12H15NO/c1-8-6-13-7-10-9-4-2-3-5-11(9)14-12(8)10/h2-5,8,10,12-13H,6-7H2,1H3/t8?,10-,12-/m0/s1. The van der Waals surface area contributed by atoms with Crippen molar-refractivity contribution in [3.63, 3.8) is 0 Å². The molecule has 0 amide bonds. The van der Waals surface area contributed by atoms with E-state index in [0.29, 0.717) is 17.9 Å². The summed E-state index contributed by atoms with van der Waals surface area (Å²) in [7, 11) is 0. The van der Waals surface area contributed by atoms with E-state index in [1.807, 2.05) is 6.07 Å². The maximum Gasteiger partial charge on any atom is 0.123 e. The van der Waals surface area contributed by atoms with E-state index in [9.17, 15) is 0 Å². The van der Waals surface area contributed by atoms with Crippen LogP contribution < -0.4 is 10.1 Å². The van der Waals surface area contributed by atoms with Crippen molar-refractivity contribution in [2.24, 2.45) is 5.92 Å². The first-order valence-corrected chi connectivity index (χ1v) is 5.32. The van der Waals surface area contributed by atoms with Gasteiger partial charge in [0, 0.05) is 30.5 Å². The van der Waals surface area contributed by atoms with E-state index in [-0.39, 0.29) is 0 Å². The minimum atomic E-state index is 0.397. The molecule has 74 valence electrons. The molecule has 3 atom stereocenters. The molecule has 0 radical (unpaired) electrons. The van der Waals surface area contributed by atoms with Gasteiger partial charge in [0.2, 0.25) is 0 Å². The summed E-state index contributed by atoms with van der Waals surface area (Å²) < 4.78 is 5.98. The van der Waals surface area contributed by atoms with Crippen LogP contribution in [0, 0.1) is 5.92 Å². The van der Waals surface area contributed by atoms with Crippen molar-refractivity contribution in [1.29, 1.82) is 0 Å². The van der Waals surface area contributed by atoms with Crippen LogP contribution in [0.5, 0.6) is 5.75 Å². The Morgan fingerprint density at radius 3 is 3.07 bits per heavy atom. The summed E-state index contributed by atoms with van der Waals surface area (Å²) in [6, 6.07) is 8.43. The minimum absolute atomic E-state index is 0.397. The van der Waals surface area contributed by atoms with Gasteiger partial charge in [0.1, 0.15) is 11.9 Å². The molecule has 1 N–H and O–H groups in total. The van der Waals surface area contributed by atoms with Gasteiger partial charge in [0.25, 0.3) is 0 Å². The van der Waals surface area contributed by atoms with Gasteiger partial charge >= 0.3 is 0 Å². The van der Waals surface area contributed by atoms with Crippen LogP contribution in [-0.4, -0.2) is 19.2 Å². The maximum absolute atomic E-state index is 5.98. The Labute approximate surface area is 84.3 Å². The van der Waals surface area contributed by atoms with Crippen molar-refractivity contribution in [2.45, 2.75) is 18.9 Å². The molecule has 2 heteroatoms. The average molecular weight is 189 g/mol. The van der Waals surface area contributed by atoms with Crippen molar-refractivity contribution in [1.82, 2.24) is 5.32 Å². The Kier molecular flexibility index (Phi) is 1.77. The molecule has 14 heavy (non-hydrogen) atoms. The van der Waals surface area contributed by atoms with Crippen LogP contribution in [-0.2, 0) is 0 Å². The van der Waals surface area contributed by atoms with Gasteiger partial charge in [-0.25, -0.2) is 0 Å². The average Bonchev–Trinajstić information content (AvgIpc) is 2.59. The SMILES string of the molecule is CC1CNC[C@H]2c3ccccc3O[C@@H]12. The number of hydrogen-bond acceptors (Lipinski definition) is 2. The van der Waals surface area contributed by atoms with Crippen LogP contribution in [0.2, 0.25) is 0 Å². The number of para-hydroxylation sites is 1. The molecule has 1 fully saturated rings. The van der Waals surface area contributed by atoms with Crippen LogP contribution in [0.3, 0.4) is 0 Å². The molecule has 2 heterocycles.